The van der Waals surface area contributed by atoms with Gasteiger partial charge in [0.1, 0.15) is 10.6 Å². The minimum atomic E-state index is -0.975. The number of thiophene rings is 1. The molecule has 0 spiro atoms. The van der Waals surface area contributed by atoms with E-state index in [-0.39, 0.29) is 4.88 Å². The Balaban J connectivity index is 2.46. The molecule has 0 radical (unpaired) electrons. The monoisotopic (exact) mass is 305 g/mol. The van der Waals surface area contributed by atoms with E-state index < -0.39 is 5.97 Å². The van der Waals surface area contributed by atoms with Crippen molar-refractivity contribution in [3.63, 3.8) is 0 Å². The Morgan fingerprint density at radius 2 is 2.14 bits per heavy atom. The minimum absolute atomic E-state index is 0.210. The number of carboxylic acids is 1. The first kappa shape index (κ1) is 15.4. The van der Waals surface area contributed by atoms with E-state index in [0.29, 0.717) is 18.7 Å². The van der Waals surface area contributed by atoms with Crippen LogP contribution in [0.15, 0.2) is 24.3 Å². The molecule has 0 saturated heterocycles. The molecule has 1 aromatic carbocycles. The number of carbonyl (C=O) groups is 1. The molecule has 5 heteroatoms. The Morgan fingerprint density at radius 1 is 1.38 bits per heavy atom. The van der Waals surface area contributed by atoms with Crippen LogP contribution in [0.2, 0.25) is 0 Å². The van der Waals surface area contributed by atoms with Crippen molar-refractivity contribution in [2.75, 3.05) is 12.3 Å². The van der Waals surface area contributed by atoms with Crippen LogP contribution in [0.4, 0.5) is 5.69 Å². The van der Waals surface area contributed by atoms with E-state index in [2.05, 4.69) is 6.92 Å². The summed E-state index contributed by atoms with van der Waals surface area (Å²) in [5.74, 6) is -0.183. The van der Waals surface area contributed by atoms with Crippen LogP contribution in [0.1, 0.15) is 35.5 Å². The molecule has 1 heterocycles. The summed E-state index contributed by atoms with van der Waals surface area (Å²) >= 11 is 1.22. The lowest BCUT2D eigenvalue weighted by atomic mass is 10.1. The van der Waals surface area contributed by atoms with Crippen LogP contribution >= 0.6 is 11.3 Å². The first-order valence-corrected chi connectivity index (χ1v) is 7.77. The third-order valence-corrected chi connectivity index (χ3v) is 4.45. The number of aromatic carboxylic acids is 1. The molecule has 0 aliphatic heterocycles. The number of hydrogen-bond acceptors (Lipinski definition) is 4. The summed E-state index contributed by atoms with van der Waals surface area (Å²) in [5.41, 5.74) is 8.19. The molecule has 112 valence electrons. The van der Waals surface area contributed by atoms with Crippen molar-refractivity contribution >= 4 is 23.0 Å². The maximum atomic E-state index is 11.2. The molecule has 21 heavy (non-hydrogen) atoms. The lowest BCUT2D eigenvalue weighted by Gasteiger charge is -2.07. The van der Waals surface area contributed by atoms with E-state index >= 15 is 0 Å². The zero-order chi connectivity index (χ0) is 15.4. The van der Waals surface area contributed by atoms with Gasteiger partial charge in [-0.05, 0) is 36.1 Å². The smallest absolute Gasteiger partial charge is 0.348 e. The van der Waals surface area contributed by atoms with Gasteiger partial charge in [0.25, 0.3) is 0 Å². The summed E-state index contributed by atoms with van der Waals surface area (Å²) in [6.45, 7) is 4.69. The second kappa shape index (κ2) is 6.63. The number of hydrogen-bond donors (Lipinski definition) is 2. The van der Waals surface area contributed by atoms with Gasteiger partial charge in [0.15, 0.2) is 0 Å². The van der Waals surface area contributed by atoms with Gasteiger partial charge in [-0.15, -0.1) is 11.3 Å². The first-order chi connectivity index (χ1) is 10.1. The maximum absolute atomic E-state index is 11.2. The second-order valence-corrected chi connectivity index (χ2v) is 5.71. The summed E-state index contributed by atoms with van der Waals surface area (Å²) in [4.78, 5) is 12.4. The van der Waals surface area contributed by atoms with E-state index in [0.717, 1.165) is 28.2 Å². The highest BCUT2D eigenvalue weighted by Gasteiger charge is 2.20. The molecule has 1 aromatic heterocycles. The van der Waals surface area contributed by atoms with E-state index in [1.54, 1.807) is 0 Å². The predicted molar refractivity (Wildman–Crippen MR) is 86.3 cm³/mol. The van der Waals surface area contributed by atoms with E-state index in [4.69, 9.17) is 10.5 Å². The zero-order valence-electron chi connectivity index (χ0n) is 12.2. The number of carboxylic acid groups (broad SMARTS) is 1. The topological polar surface area (TPSA) is 72.5 Å². The molecule has 0 aliphatic carbocycles. The molecule has 0 fully saturated rings. The zero-order valence-corrected chi connectivity index (χ0v) is 13.0. The molecule has 0 saturated carbocycles. The van der Waals surface area contributed by atoms with Crippen molar-refractivity contribution in [3.8, 4) is 16.2 Å². The molecule has 0 bridgehead atoms. The van der Waals surface area contributed by atoms with Gasteiger partial charge >= 0.3 is 5.97 Å². The van der Waals surface area contributed by atoms with Crippen LogP contribution < -0.4 is 10.5 Å². The number of benzene rings is 1. The molecule has 0 unspecified atom stereocenters. The van der Waals surface area contributed by atoms with Gasteiger partial charge in [-0.25, -0.2) is 4.79 Å². The maximum Gasteiger partial charge on any atom is 0.348 e. The minimum Gasteiger partial charge on any atom is -0.494 e. The molecular formula is C16H19NO3S. The van der Waals surface area contributed by atoms with Crippen molar-refractivity contribution in [2.45, 2.75) is 26.7 Å². The standard InChI is InChI=1S/C16H19NO3S/c1-3-8-20-11-7-5-6-10(9-11)14-12(4-2)13(17)15(21-14)16(18)19/h5-7,9H,3-4,8,17H2,1-2H3,(H,18,19). The molecular weight excluding hydrogens is 286 g/mol. The molecule has 2 rings (SSSR count). The van der Waals surface area contributed by atoms with Gasteiger partial charge < -0.3 is 15.6 Å². The van der Waals surface area contributed by atoms with Crippen LogP contribution in [0.3, 0.4) is 0 Å². The van der Waals surface area contributed by atoms with Crippen LogP contribution in [0.25, 0.3) is 10.4 Å². The van der Waals surface area contributed by atoms with Crippen molar-refractivity contribution in [3.05, 3.63) is 34.7 Å². The van der Waals surface area contributed by atoms with Crippen LogP contribution in [0.5, 0.6) is 5.75 Å². The van der Waals surface area contributed by atoms with Crippen LogP contribution in [0, 0.1) is 0 Å². The number of ether oxygens (including phenoxy) is 1. The fraction of sp³-hybridized carbons (Fsp3) is 0.312. The molecule has 4 nitrogen and oxygen atoms in total. The third-order valence-electron chi connectivity index (χ3n) is 3.16. The Kier molecular flexibility index (Phi) is 4.85. The van der Waals surface area contributed by atoms with E-state index in [1.165, 1.54) is 11.3 Å². The van der Waals surface area contributed by atoms with Gasteiger partial charge in [0.05, 0.1) is 12.3 Å². The molecule has 0 amide bonds. The first-order valence-electron chi connectivity index (χ1n) is 6.96. The second-order valence-electron chi connectivity index (χ2n) is 4.69. The van der Waals surface area contributed by atoms with Gasteiger partial charge in [0, 0.05) is 4.88 Å². The van der Waals surface area contributed by atoms with Crippen molar-refractivity contribution in [2.24, 2.45) is 0 Å². The third kappa shape index (κ3) is 3.19. The Labute approximate surface area is 128 Å². The summed E-state index contributed by atoms with van der Waals surface area (Å²) in [5, 5.41) is 9.22. The summed E-state index contributed by atoms with van der Waals surface area (Å²) in [6, 6.07) is 7.70. The molecule has 0 aliphatic rings. The summed E-state index contributed by atoms with van der Waals surface area (Å²) < 4.78 is 5.63. The summed E-state index contributed by atoms with van der Waals surface area (Å²) in [6.07, 6.45) is 1.64. The van der Waals surface area contributed by atoms with Gasteiger partial charge in [-0.1, -0.05) is 26.0 Å². The van der Waals surface area contributed by atoms with Crippen LogP contribution in [-0.2, 0) is 6.42 Å². The van der Waals surface area contributed by atoms with Crippen molar-refractivity contribution in [1.82, 2.24) is 0 Å². The Bertz CT molecular complexity index is 649. The van der Waals surface area contributed by atoms with Gasteiger partial charge in [0.2, 0.25) is 0 Å². The molecule has 0 atom stereocenters. The highest BCUT2D eigenvalue weighted by molar-refractivity contribution is 7.18. The Morgan fingerprint density at radius 3 is 2.76 bits per heavy atom. The number of nitrogens with two attached hydrogens (primary N) is 1. The largest absolute Gasteiger partial charge is 0.494 e. The fourth-order valence-corrected chi connectivity index (χ4v) is 3.31. The average Bonchev–Trinajstić information content (AvgIpc) is 2.82. The van der Waals surface area contributed by atoms with Crippen molar-refractivity contribution < 1.29 is 14.6 Å². The summed E-state index contributed by atoms with van der Waals surface area (Å²) in [7, 11) is 0. The van der Waals surface area contributed by atoms with E-state index in [9.17, 15) is 9.90 Å². The predicted octanol–water partition coefficient (Wildman–Crippen LogP) is 4.05. The number of anilines is 1. The molecule has 2 aromatic rings. The highest BCUT2D eigenvalue weighted by atomic mass is 32.1. The van der Waals surface area contributed by atoms with Gasteiger partial charge in [-0.3, -0.25) is 0 Å². The number of rotatable bonds is 6. The van der Waals surface area contributed by atoms with Crippen LogP contribution in [-0.4, -0.2) is 17.7 Å². The fourth-order valence-electron chi connectivity index (χ4n) is 2.17. The highest BCUT2D eigenvalue weighted by Crippen LogP contribution is 2.39. The SMILES string of the molecule is CCCOc1cccc(-c2sc(C(=O)O)c(N)c2CC)c1. The number of nitrogen functional groups attached to an aromatic ring is 1. The van der Waals surface area contributed by atoms with Gasteiger partial charge in [-0.2, -0.15) is 0 Å². The Hall–Kier alpha value is -2.01. The quantitative estimate of drug-likeness (QED) is 0.844. The lowest BCUT2D eigenvalue weighted by molar-refractivity contribution is 0.0703. The van der Waals surface area contributed by atoms with Crippen molar-refractivity contribution in [1.29, 1.82) is 0 Å². The lowest BCUT2D eigenvalue weighted by Crippen LogP contribution is -1.99. The molecule has 3 N–H and O–H groups in total. The average molecular weight is 305 g/mol. The van der Waals surface area contributed by atoms with E-state index in [1.807, 2.05) is 31.2 Å². The normalized spacial score (nSPS) is 10.6.